The van der Waals surface area contributed by atoms with Gasteiger partial charge in [0.25, 0.3) is 5.91 Å². The largest absolute Gasteiger partial charge is 0.490 e. The Hall–Kier alpha value is -3.32. The van der Waals surface area contributed by atoms with Crippen molar-refractivity contribution in [2.75, 3.05) is 13.2 Å². The zero-order valence-electron chi connectivity index (χ0n) is 17.6. The fourth-order valence-electron chi connectivity index (χ4n) is 3.68. The summed E-state index contributed by atoms with van der Waals surface area (Å²) in [5.41, 5.74) is 2.21. The van der Waals surface area contributed by atoms with Gasteiger partial charge in [-0.05, 0) is 56.2 Å². The number of para-hydroxylation sites is 1. The number of carbonyl (C=O) groups is 1. The Morgan fingerprint density at radius 3 is 2.75 bits per heavy atom. The first-order valence-electron chi connectivity index (χ1n) is 10.6. The number of rotatable bonds is 7. The molecule has 1 aliphatic carbocycles. The van der Waals surface area contributed by atoms with E-state index in [1.165, 1.54) is 0 Å². The molecule has 3 aromatic rings. The third-order valence-corrected chi connectivity index (χ3v) is 5.65. The highest BCUT2D eigenvalue weighted by Gasteiger charge is 2.36. The maximum atomic E-state index is 13.4. The molecule has 0 bridgehead atoms. The lowest BCUT2D eigenvalue weighted by molar-refractivity contribution is -0.129. The molecule has 1 amide bonds. The van der Waals surface area contributed by atoms with Crippen molar-refractivity contribution in [3.63, 3.8) is 0 Å². The molecule has 32 heavy (non-hydrogen) atoms. The van der Waals surface area contributed by atoms with Crippen LogP contribution in [0.3, 0.4) is 0 Å². The number of ether oxygens (including phenoxy) is 2. The van der Waals surface area contributed by atoms with Crippen molar-refractivity contribution in [2.24, 2.45) is 0 Å². The third-order valence-electron chi connectivity index (χ3n) is 5.40. The number of fused-ring (bicyclic) bond motifs is 1. The lowest BCUT2D eigenvalue weighted by Gasteiger charge is -2.25. The monoisotopic (exact) mass is 451 g/mol. The van der Waals surface area contributed by atoms with Gasteiger partial charge in [-0.1, -0.05) is 23.7 Å². The molecule has 2 aliphatic rings. The van der Waals surface area contributed by atoms with Crippen molar-refractivity contribution in [1.82, 2.24) is 15.1 Å². The van der Waals surface area contributed by atoms with Crippen LogP contribution in [0.4, 0.5) is 0 Å². The highest BCUT2D eigenvalue weighted by molar-refractivity contribution is 6.30. The third kappa shape index (κ3) is 4.21. The summed E-state index contributed by atoms with van der Waals surface area (Å²) in [6.07, 6.45) is 3.80. The highest BCUT2D eigenvalue weighted by atomic mass is 35.5. The van der Waals surface area contributed by atoms with E-state index in [-0.39, 0.29) is 25.1 Å². The summed E-state index contributed by atoms with van der Waals surface area (Å²) in [7, 11) is 0. The Balaban J connectivity index is 1.35. The summed E-state index contributed by atoms with van der Waals surface area (Å²) in [5.74, 6) is 2.08. The zero-order valence-corrected chi connectivity index (χ0v) is 18.3. The zero-order chi connectivity index (χ0) is 22.1. The normalized spacial score (nSPS) is 14.9. The summed E-state index contributed by atoms with van der Waals surface area (Å²) in [4.78, 5) is 15.2. The second-order valence-corrected chi connectivity index (χ2v) is 8.17. The second kappa shape index (κ2) is 8.67. The Kier molecular flexibility index (Phi) is 5.57. The van der Waals surface area contributed by atoms with Gasteiger partial charge in [0.05, 0.1) is 18.7 Å². The summed E-state index contributed by atoms with van der Waals surface area (Å²) >= 11 is 5.95. The molecular formula is C24H22ClN3O4. The maximum absolute atomic E-state index is 13.4. The van der Waals surface area contributed by atoms with Gasteiger partial charge in [-0.2, -0.15) is 0 Å². The predicted octanol–water partition coefficient (Wildman–Crippen LogP) is 4.76. The number of carbonyl (C=O) groups excluding carboxylic acids is 1. The van der Waals surface area contributed by atoms with E-state index < -0.39 is 0 Å². The van der Waals surface area contributed by atoms with Gasteiger partial charge < -0.3 is 18.8 Å². The quantitative estimate of drug-likeness (QED) is 0.515. The van der Waals surface area contributed by atoms with E-state index >= 15 is 0 Å². The molecule has 164 valence electrons. The van der Waals surface area contributed by atoms with Crippen LogP contribution >= 0.6 is 11.6 Å². The van der Waals surface area contributed by atoms with Crippen LogP contribution in [0, 0.1) is 0 Å². The molecule has 0 radical (unpaired) electrons. The molecule has 0 unspecified atom stereocenters. The van der Waals surface area contributed by atoms with Crippen LogP contribution in [0.25, 0.3) is 17.5 Å². The summed E-state index contributed by atoms with van der Waals surface area (Å²) in [6.45, 7) is 2.93. The van der Waals surface area contributed by atoms with E-state index in [2.05, 4.69) is 10.2 Å². The Morgan fingerprint density at radius 1 is 1.19 bits per heavy atom. The Labute approximate surface area is 190 Å². The second-order valence-electron chi connectivity index (χ2n) is 7.74. The van der Waals surface area contributed by atoms with E-state index in [1.807, 2.05) is 43.3 Å². The molecule has 5 rings (SSSR count). The van der Waals surface area contributed by atoms with Gasteiger partial charge in [-0.3, -0.25) is 4.79 Å². The van der Waals surface area contributed by atoms with Gasteiger partial charge in [0.15, 0.2) is 11.5 Å². The lowest BCUT2D eigenvalue weighted by atomic mass is 10.1. The van der Waals surface area contributed by atoms with Crippen molar-refractivity contribution in [3.8, 4) is 23.0 Å². The number of amides is 1. The minimum Gasteiger partial charge on any atom is -0.490 e. The predicted molar refractivity (Wildman–Crippen MR) is 119 cm³/mol. The van der Waals surface area contributed by atoms with E-state index in [0.29, 0.717) is 40.5 Å². The van der Waals surface area contributed by atoms with Crippen LogP contribution in [0.2, 0.25) is 5.02 Å². The summed E-state index contributed by atoms with van der Waals surface area (Å²) < 4.78 is 17.4. The van der Waals surface area contributed by atoms with E-state index in [4.69, 9.17) is 25.5 Å². The molecule has 0 spiro atoms. The molecule has 2 heterocycles. The van der Waals surface area contributed by atoms with Crippen LogP contribution in [-0.4, -0.2) is 40.3 Å². The molecule has 2 aromatic carbocycles. The summed E-state index contributed by atoms with van der Waals surface area (Å²) in [5, 5.41) is 8.91. The standard InChI is InChI=1S/C24H22ClN3O4/c1-2-30-20-5-3-4-16-12-17(14-31-22(16)20)24(29)28(19-10-11-19)13-21-26-27-23(32-21)15-6-8-18(25)9-7-15/h3-9,12,19H,2,10-11,13-14H2,1H3. The van der Waals surface area contributed by atoms with E-state index in [1.54, 1.807) is 17.0 Å². The van der Waals surface area contributed by atoms with Crippen molar-refractivity contribution in [2.45, 2.75) is 32.4 Å². The number of hydrogen-bond donors (Lipinski definition) is 0. The first-order valence-corrected chi connectivity index (χ1v) is 11.0. The molecule has 1 aliphatic heterocycles. The molecule has 0 saturated heterocycles. The average Bonchev–Trinajstić information content (AvgIpc) is 3.55. The molecule has 7 nitrogen and oxygen atoms in total. The highest BCUT2D eigenvalue weighted by Crippen LogP contribution is 2.37. The lowest BCUT2D eigenvalue weighted by Crippen LogP contribution is -2.35. The molecule has 1 saturated carbocycles. The first-order chi connectivity index (χ1) is 15.6. The van der Waals surface area contributed by atoms with Gasteiger partial charge in [0.2, 0.25) is 11.8 Å². The number of aromatic nitrogens is 2. The fourth-order valence-corrected chi connectivity index (χ4v) is 3.81. The smallest absolute Gasteiger partial charge is 0.253 e. The van der Waals surface area contributed by atoms with Gasteiger partial charge in [-0.15, -0.1) is 10.2 Å². The minimum absolute atomic E-state index is 0.0776. The van der Waals surface area contributed by atoms with Gasteiger partial charge in [0, 0.05) is 22.2 Å². The van der Waals surface area contributed by atoms with Gasteiger partial charge >= 0.3 is 0 Å². The average molecular weight is 452 g/mol. The van der Waals surface area contributed by atoms with Gasteiger partial charge in [-0.25, -0.2) is 0 Å². The Morgan fingerprint density at radius 2 is 2.00 bits per heavy atom. The fraction of sp³-hybridized carbons (Fsp3) is 0.292. The molecule has 1 aromatic heterocycles. The van der Waals surface area contributed by atoms with Crippen molar-refractivity contribution in [1.29, 1.82) is 0 Å². The van der Waals surface area contributed by atoms with Crippen LogP contribution < -0.4 is 9.47 Å². The molecule has 0 atom stereocenters. The SMILES string of the molecule is CCOc1cccc2c1OCC(C(=O)N(Cc1nnc(-c3ccc(Cl)cc3)o1)C1CC1)=C2. The van der Waals surface area contributed by atoms with Crippen LogP contribution in [0.15, 0.2) is 52.5 Å². The number of halogens is 1. The number of nitrogens with zero attached hydrogens (tertiary/aromatic N) is 3. The van der Waals surface area contributed by atoms with Crippen LogP contribution in [0.5, 0.6) is 11.5 Å². The molecule has 8 heteroatoms. The minimum atomic E-state index is -0.0776. The topological polar surface area (TPSA) is 77.7 Å². The molecular weight excluding hydrogens is 430 g/mol. The van der Waals surface area contributed by atoms with Crippen molar-refractivity contribution < 1.29 is 18.7 Å². The van der Waals surface area contributed by atoms with Crippen molar-refractivity contribution in [3.05, 3.63) is 64.5 Å². The summed E-state index contributed by atoms with van der Waals surface area (Å²) in [6, 6.07) is 13.0. The number of hydrogen-bond acceptors (Lipinski definition) is 6. The van der Waals surface area contributed by atoms with Crippen LogP contribution in [0.1, 0.15) is 31.2 Å². The van der Waals surface area contributed by atoms with Crippen molar-refractivity contribution >= 4 is 23.6 Å². The Bertz CT molecular complexity index is 1170. The first kappa shape index (κ1) is 20.6. The maximum Gasteiger partial charge on any atom is 0.253 e. The van der Waals surface area contributed by atoms with Gasteiger partial charge in [0.1, 0.15) is 6.61 Å². The number of benzene rings is 2. The molecule has 0 N–H and O–H groups in total. The molecule has 1 fully saturated rings. The van der Waals surface area contributed by atoms with Crippen LogP contribution in [-0.2, 0) is 11.3 Å². The van der Waals surface area contributed by atoms with E-state index in [0.717, 1.165) is 24.0 Å². The van der Waals surface area contributed by atoms with E-state index in [9.17, 15) is 4.79 Å².